The molecular weight excluding hydrogens is 437 g/mol. The zero-order valence-corrected chi connectivity index (χ0v) is 20.1. The van der Waals surface area contributed by atoms with Crippen LogP contribution in [-0.2, 0) is 9.59 Å². The molecule has 0 radical (unpaired) electrons. The molecule has 2 aromatic carbocycles. The molecule has 1 saturated heterocycles. The smallest absolute Gasteiger partial charge is 0.270 e. The van der Waals surface area contributed by atoms with Crippen molar-refractivity contribution in [3.8, 4) is 0 Å². The van der Waals surface area contributed by atoms with E-state index in [1.807, 2.05) is 12.1 Å². The quantitative estimate of drug-likeness (QED) is 0.385. The van der Waals surface area contributed by atoms with Gasteiger partial charge in [0.2, 0.25) is 0 Å². The molecule has 5 nitrogen and oxygen atoms in total. The Labute approximate surface area is 199 Å². The van der Waals surface area contributed by atoms with E-state index in [1.54, 1.807) is 12.1 Å². The molecular formula is C26H28FN3O2S. The maximum absolute atomic E-state index is 14.4. The van der Waals surface area contributed by atoms with Gasteiger partial charge in [-0.3, -0.25) is 14.9 Å². The highest BCUT2D eigenvalue weighted by atomic mass is 32.1. The Morgan fingerprint density at radius 3 is 2.61 bits per heavy atom. The van der Waals surface area contributed by atoms with Crippen molar-refractivity contribution in [2.45, 2.75) is 52.0 Å². The molecule has 2 aromatic rings. The van der Waals surface area contributed by atoms with Crippen molar-refractivity contribution in [2.75, 3.05) is 16.3 Å². The van der Waals surface area contributed by atoms with E-state index >= 15 is 0 Å². The monoisotopic (exact) mass is 465 g/mol. The van der Waals surface area contributed by atoms with E-state index in [0.717, 1.165) is 29.8 Å². The van der Waals surface area contributed by atoms with Crippen LogP contribution < -0.4 is 15.1 Å². The summed E-state index contributed by atoms with van der Waals surface area (Å²) in [6.45, 7) is 9.87. The van der Waals surface area contributed by atoms with Gasteiger partial charge >= 0.3 is 0 Å². The highest BCUT2D eigenvalue weighted by Crippen LogP contribution is 2.43. The van der Waals surface area contributed by atoms with Crippen LogP contribution in [0.1, 0.15) is 57.6 Å². The maximum Gasteiger partial charge on any atom is 0.270 e. The number of amides is 2. The van der Waals surface area contributed by atoms with E-state index in [1.165, 1.54) is 29.4 Å². The third kappa shape index (κ3) is 4.17. The summed E-state index contributed by atoms with van der Waals surface area (Å²) in [6, 6.07) is 11.9. The van der Waals surface area contributed by atoms with Gasteiger partial charge in [-0.05, 0) is 86.3 Å². The number of rotatable bonds is 4. The number of carbonyl (C=O) groups is 2. The Morgan fingerprint density at radius 2 is 1.91 bits per heavy atom. The highest BCUT2D eigenvalue weighted by Gasteiger charge is 2.37. The van der Waals surface area contributed by atoms with Crippen LogP contribution in [0.5, 0.6) is 0 Å². The fraction of sp³-hybridized carbons (Fsp3) is 0.346. The summed E-state index contributed by atoms with van der Waals surface area (Å²) >= 11 is 5.17. The van der Waals surface area contributed by atoms with Crippen LogP contribution in [-0.4, -0.2) is 29.0 Å². The summed E-state index contributed by atoms with van der Waals surface area (Å²) in [5, 5.41) is 2.38. The standard InChI is InChI=1S/C26H28FN3O2S/c1-5-12-29-21-11-10-17(13-18(21)16(2)15-26(29,3)4)14-19-23(31)28-25(33)30(24(19)32)22-9-7-6-8-20(22)27/h6-11,13-14,16H,5,12,15H2,1-4H3,(H,28,31,33)/b19-14-. The van der Waals surface area contributed by atoms with Gasteiger partial charge in [0.15, 0.2) is 5.11 Å². The second-order valence-corrected chi connectivity index (χ2v) is 9.68. The lowest BCUT2D eigenvalue weighted by molar-refractivity contribution is -0.122. The molecule has 0 spiro atoms. The summed E-state index contributed by atoms with van der Waals surface area (Å²) in [6.07, 6.45) is 3.61. The highest BCUT2D eigenvalue weighted by molar-refractivity contribution is 7.80. The van der Waals surface area contributed by atoms with E-state index in [0.29, 0.717) is 5.92 Å². The Kier molecular flexibility index (Phi) is 6.10. The third-order valence-corrected chi connectivity index (χ3v) is 6.65. The largest absolute Gasteiger partial charge is 0.366 e. The van der Waals surface area contributed by atoms with Gasteiger partial charge in [0, 0.05) is 17.8 Å². The second-order valence-electron chi connectivity index (χ2n) is 9.30. The van der Waals surface area contributed by atoms with Gasteiger partial charge in [0.1, 0.15) is 11.4 Å². The number of benzene rings is 2. The van der Waals surface area contributed by atoms with Crippen LogP contribution in [0.15, 0.2) is 48.0 Å². The fourth-order valence-electron chi connectivity index (χ4n) is 4.92. The Balaban J connectivity index is 1.74. The summed E-state index contributed by atoms with van der Waals surface area (Å²) in [7, 11) is 0. The SMILES string of the molecule is CCCN1c2ccc(/C=C3/C(=O)NC(=S)N(c4ccccc4F)C3=O)cc2C(C)CC1(C)C. The van der Waals surface area contributed by atoms with Crippen LogP contribution >= 0.6 is 12.2 Å². The number of halogens is 1. The van der Waals surface area contributed by atoms with Gasteiger partial charge in [-0.15, -0.1) is 0 Å². The lowest BCUT2D eigenvalue weighted by atomic mass is 9.79. The van der Waals surface area contributed by atoms with Crippen molar-refractivity contribution in [2.24, 2.45) is 0 Å². The molecule has 0 aliphatic carbocycles. The number of para-hydroxylation sites is 1. The van der Waals surface area contributed by atoms with Crippen LogP contribution in [0.3, 0.4) is 0 Å². The first-order valence-electron chi connectivity index (χ1n) is 11.2. The van der Waals surface area contributed by atoms with Gasteiger partial charge in [-0.25, -0.2) is 9.29 Å². The van der Waals surface area contributed by atoms with Crippen molar-refractivity contribution < 1.29 is 14.0 Å². The van der Waals surface area contributed by atoms with Gasteiger partial charge in [0.05, 0.1) is 5.69 Å². The summed E-state index contributed by atoms with van der Waals surface area (Å²) < 4.78 is 14.4. The van der Waals surface area contributed by atoms with Crippen molar-refractivity contribution in [3.63, 3.8) is 0 Å². The van der Waals surface area contributed by atoms with Crippen molar-refractivity contribution in [3.05, 3.63) is 65.0 Å². The Morgan fingerprint density at radius 1 is 1.18 bits per heavy atom. The van der Waals surface area contributed by atoms with Crippen LogP contribution in [0.2, 0.25) is 0 Å². The van der Waals surface area contributed by atoms with Gasteiger partial charge in [0.25, 0.3) is 11.8 Å². The molecule has 172 valence electrons. The number of hydrogen-bond acceptors (Lipinski definition) is 4. The van der Waals surface area contributed by atoms with E-state index < -0.39 is 17.6 Å². The van der Waals surface area contributed by atoms with E-state index in [-0.39, 0.29) is 21.9 Å². The van der Waals surface area contributed by atoms with Crippen molar-refractivity contribution in [1.82, 2.24) is 5.32 Å². The maximum atomic E-state index is 14.4. The lowest BCUT2D eigenvalue weighted by Crippen LogP contribution is -2.54. The molecule has 4 rings (SSSR count). The molecule has 2 heterocycles. The van der Waals surface area contributed by atoms with Crippen molar-refractivity contribution >= 4 is 46.6 Å². The first-order valence-corrected chi connectivity index (χ1v) is 11.6. The second kappa shape index (κ2) is 8.71. The molecule has 0 saturated carbocycles. The minimum Gasteiger partial charge on any atom is -0.366 e. The minimum atomic E-state index is -0.645. The average molecular weight is 466 g/mol. The number of nitrogens with zero attached hydrogens (tertiary/aromatic N) is 2. The number of anilines is 2. The normalized spacial score (nSPS) is 21.3. The number of hydrogen-bond donors (Lipinski definition) is 1. The zero-order chi connectivity index (χ0) is 23.9. The zero-order valence-electron chi connectivity index (χ0n) is 19.3. The van der Waals surface area contributed by atoms with Crippen LogP contribution in [0.25, 0.3) is 6.08 Å². The third-order valence-electron chi connectivity index (χ3n) is 6.36. The molecule has 1 atom stereocenters. The number of fused-ring (bicyclic) bond motifs is 1. The van der Waals surface area contributed by atoms with Gasteiger partial charge in [-0.1, -0.05) is 32.0 Å². The molecule has 1 N–H and O–H groups in total. The van der Waals surface area contributed by atoms with E-state index in [4.69, 9.17) is 12.2 Å². The first kappa shape index (κ1) is 23.1. The molecule has 2 aliphatic rings. The van der Waals surface area contributed by atoms with Crippen LogP contribution in [0, 0.1) is 5.82 Å². The first-order chi connectivity index (χ1) is 15.6. The number of thiocarbonyl (C=S) groups is 1. The van der Waals surface area contributed by atoms with Gasteiger partial charge < -0.3 is 4.90 Å². The summed E-state index contributed by atoms with van der Waals surface area (Å²) in [5.41, 5.74) is 3.11. The molecule has 7 heteroatoms. The average Bonchev–Trinajstić information content (AvgIpc) is 2.75. The molecule has 2 aliphatic heterocycles. The predicted octanol–water partition coefficient (Wildman–Crippen LogP) is 5.16. The predicted molar refractivity (Wildman–Crippen MR) is 134 cm³/mol. The molecule has 0 aromatic heterocycles. The number of nitrogens with one attached hydrogen (secondary N) is 1. The summed E-state index contributed by atoms with van der Waals surface area (Å²) in [4.78, 5) is 29.3. The van der Waals surface area contributed by atoms with Crippen LogP contribution in [0.4, 0.5) is 15.8 Å². The minimum absolute atomic E-state index is 0.00917. The fourth-order valence-corrected chi connectivity index (χ4v) is 5.20. The van der Waals surface area contributed by atoms with Gasteiger partial charge in [-0.2, -0.15) is 0 Å². The van der Waals surface area contributed by atoms with E-state index in [9.17, 15) is 14.0 Å². The topological polar surface area (TPSA) is 52.7 Å². The number of carbonyl (C=O) groups excluding carboxylic acids is 2. The summed E-state index contributed by atoms with van der Waals surface area (Å²) in [5.74, 6) is -1.49. The van der Waals surface area contributed by atoms with Crippen molar-refractivity contribution in [1.29, 1.82) is 0 Å². The van der Waals surface area contributed by atoms with E-state index in [2.05, 4.69) is 44.0 Å². The Hall–Kier alpha value is -3.06. The molecule has 1 unspecified atom stereocenters. The molecule has 33 heavy (non-hydrogen) atoms. The molecule has 2 amide bonds. The molecule has 0 bridgehead atoms. The molecule has 1 fully saturated rings. The lowest BCUT2D eigenvalue weighted by Gasteiger charge is -2.47. The Bertz CT molecular complexity index is 1170.